The summed E-state index contributed by atoms with van der Waals surface area (Å²) in [6.07, 6.45) is 5.29. The molecular weight excluding hydrogens is 268 g/mol. The van der Waals surface area contributed by atoms with Crippen molar-refractivity contribution >= 4 is 17.2 Å². The first-order valence-electron chi connectivity index (χ1n) is 7.59. The second-order valence-corrected chi connectivity index (χ2v) is 7.50. The summed E-state index contributed by atoms with van der Waals surface area (Å²) in [5.74, 6) is 1.12. The molecule has 4 heteroatoms. The lowest BCUT2D eigenvalue weighted by Gasteiger charge is -2.40. The van der Waals surface area contributed by atoms with Crippen LogP contribution in [0.2, 0.25) is 0 Å². The number of primary amides is 1. The number of hydrogen-bond acceptors (Lipinski definition) is 3. The highest BCUT2D eigenvalue weighted by atomic mass is 32.1. The Bertz CT molecular complexity index is 430. The Balaban J connectivity index is 2.02. The summed E-state index contributed by atoms with van der Waals surface area (Å²) in [6, 6.07) is 4.14. The number of thiophene rings is 1. The molecule has 1 fully saturated rings. The van der Waals surface area contributed by atoms with Crippen LogP contribution in [0.1, 0.15) is 50.8 Å². The topological polar surface area (TPSA) is 55.1 Å². The summed E-state index contributed by atoms with van der Waals surface area (Å²) in [6.45, 7) is 5.24. The molecule has 2 atom stereocenters. The summed E-state index contributed by atoms with van der Waals surface area (Å²) in [7, 11) is 0. The van der Waals surface area contributed by atoms with Crippen LogP contribution >= 0.6 is 11.3 Å². The van der Waals surface area contributed by atoms with Gasteiger partial charge in [-0.3, -0.25) is 10.1 Å². The second kappa shape index (κ2) is 6.72. The van der Waals surface area contributed by atoms with Gasteiger partial charge in [0.15, 0.2) is 0 Å². The van der Waals surface area contributed by atoms with Crippen molar-refractivity contribution < 1.29 is 4.79 Å². The van der Waals surface area contributed by atoms with E-state index in [0.717, 1.165) is 25.8 Å². The van der Waals surface area contributed by atoms with Crippen molar-refractivity contribution in [2.24, 2.45) is 17.6 Å². The van der Waals surface area contributed by atoms with Gasteiger partial charge in [0, 0.05) is 11.4 Å². The maximum Gasteiger partial charge on any atom is 0.237 e. The average molecular weight is 294 g/mol. The van der Waals surface area contributed by atoms with Gasteiger partial charge in [-0.2, -0.15) is 0 Å². The van der Waals surface area contributed by atoms with Gasteiger partial charge >= 0.3 is 0 Å². The van der Waals surface area contributed by atoms with Crippen molar-refractivity contribution in [3.05, 3.63) is 22.4 Å². The van der Waals surface area contributed by atoms with Crippen molar-refractivity contribution in [2.45, 2.75) is 58.0 Å². The van der Waals surface area contributed by atoms with Gasteiger partial charge in [0.2, 0.25) is 5.91 Å². The van der Waals surface area contributed by atoms with Crippen LogP contribution in [0.5, 0.6) is 0 Å². The van der Waals surface area contributed by atoms with Crippen LogP contribution in [0.15, 0.2) is 17.5 Å². The maximum absolute atomic E-state index is 12.0. The highest BCUT2D eigenvalue weighted by Gasteiger charge is 2.40. The quantitative estimate of drug-likeness (QED) is 0.846. The molecule has 1 aromatic rings. The molecule has 3 N–H and O–H groups in total. The van der Waals surface area contributed by atoms with E-state index in [4.69, 9.17) is 5.73 Å². The molecule has 0 radical (unpaired) electrons. The highest BCUT2D eigenvalue weighted by molar-refractivity contribution is 7.09. The number of rotatable bonds is 6. The third-order valence-corrected chi connectivity index (χ3v) is 5.19. The van der Waals surface area contributed by atoms with Crippen LogP contribution in [0.25, 0.3) is 0 Å². The summed E-state index contributed by atoms with van der Waals surface area (Å²) in [5.41, 5.74) is 5.24. The fraction of sp³-hybridized carbons (Fsp3) is 0.688. The minimum absolute atomic E-state index is 0.178. The second-order valence-electron chi connectivity index (χ2n) is 6.47. The van der Waals surface area contributed by atoms with Gasteiger partial charge in [-0.1, -0.05) is 32.8 Å². The normalized spacial score (nSPS) is 26.9. The molecule has 1 aliphatic rings. The molecule has 1 amide bonds. The molecule has 1 aromatic heterocycles. The number of nitrogens with one attached hydrogen (secondary N) is 1. The van der Waals surface area contributed by atoms with E-state index in [1.54, 1.807) is 11.3 Å². The Morgan fingerprint density at radius 2 is 2.40 bits per heavy atom. The van der Waals surface area contributed by atoms with E-state index < -0.39 is 5.54 Å². The lowest BCUT2D eigenvalue weighted by Crippen LogP contribution is -2.57. The van der Waals surface area contributed by atoms with E-state index in [9.17, 15) is 4.79 Å². The molecule has 112 valence electrons. The van der Waals surface area contributed by atoms with Gasteiger partial charge in [-0.05, 0) is 42.5 Å². The predicted molar refractivity (Wildman–Crippen MR) is 84.5 cm³/mol. The van der Waals surface area contributed by atoms with E-state index in [1.807, 2.05) is 6.07 Å². The van der Waals surface area contributed by atoms with Crippen LogP contribution in [-0.2, 0) is 11.3 Å². The summed E-state index contributed by atoms with van der Waals surface area (Å²) in [4.78, 5) is 13.3. The molecule has 2 unspecified atom stereocenters. The lowest BCUT2D eigenvalue weighted by atomic mass is 9.72. The summed E-state index contributed by atoms with van der Waals surface area (Å²) in [5, 5.41) is 5.54. The van der Waals surface area contributed by atoms with Crippen molar-refractivity contribution in [1.29, 1.82) is 0 Å². The fourth-order valence-electron chi connectivity index (χ4n) is 3.40. The van der Waals surface area contributed by atoms with E-state index >= 15 is 0 Å². The van der Waals surface area contributed by atoms with Crippen LogP contribution in [0, 0.1) is 11.8 Å². The van der Waals surface area contributed by atoms with E-state index in [2.05, 4.69) is 30.6 Å². The molecule has 0 spiro atoms. The first-order chi connectivity index (χ1) is 9.52. The SMILES string of the molecule is CC(C)CC1CCCC(NCc2cccs2)(C(N)=O)C1. The maximum atomic E-state index is 12.0. The number of amides is 1. The van der Waals surface area contributed by atoms with E-state index in [1.165, 1.54) is 17.7 Å². The number of hydrogen-bond donors (Lipinski definition) is 2. The number of carbonyl (C=O) groups is 1. The minimum atomic E-state index is -0.498. The largest absolute Gasteiger partial charge is 0.368 e. The Morgan fingerprint density at radius 1 is 1.60 bits per heavy atom. The number of carbonyl (C=O) groups excluding carboxylic acids is 1. The zero-order valence-corrected chi connectivity index (χ0v) is 13.3. The van der Waals surface area contributed by atoms with Gasteiger partial charge in [-0.25, -0.2) is 0 Å². The monoisotopic (exact) mass is 294 g/mol. The first kappa shape index (κ1) is 15.5. The van der Waals surface area contributed by atoms with Gasteiger partial charge in [-0.15, -0.1) is 11.3 Å². The molecule has 0 bridgehead atoms. The minimum Gasteiger partial charge on any atom is -0.368 e. The Labute approximate surface area is 125 Å². The Kier molecular flexibility index (Phi) is 5.22. The predicted octanol–water partition coefficient (Wildman–Crippen LogP) is 3.30. The molecule has 0 aliphatic heterocycles. The average Bonchev–Trinajstić information content (AvgIpc) is 2.89. The van der Waals surface area contributed by atoms with Crippen molar-refractivity contribution in [2.75, 3.05) is 0 Å². The van der Waals surface area contributed by atoms with Crippen LogP contribution < -0.4 is 11.1 Å². The molecule has 3 nitrogen and oxygen atoms in total. The standard InChI is InChI=1S/C16H26N2OS/c1-12(2)9-13-5-3-7-16(10-13,15(17)19)18-11-14-6-4-8-20-14/h4,6,8,12-13,18H,3,5,7,9-11H2,1-2H3,(H2,17,19). The molecule has 0 aromatic carbocycles. The number of nitrogens with two attached hydrogens (primary N) is 1. The van der Waals surface area contributed by atoms with Gasteiger partial charge in [0.1, 0.15) is 0 Å². The molecule has 1 saturated carbocycles. The molecule has 0 saturated heterocycles. The molecule has 1 heterocycles. The van der Waals surface area contributed by atoms with E-state index in [-0.39, 0.29) is 5.91 Å². The van der Waals surface area contributed by atoms with Crippen LogP contribution in [-0.4, -0.2) is 11.4 Å². The third kappa shape index (κ3) is 3.83. The Hall–Kier alpha value is -0.870. The summed E-state index contributed by atoms with van der Waals surface area (Å²) >= 11 is 1.72. The van der Waals surface area contributed by atoms with Crippen LogP contribution in [0.4, 0.5) is 0 Å². The Morgan fingerprint density at radius 3 is 3.00 bits per heavy atom. The first-order valence-corrected chi connectivity index (χ1v) is 8.47. The molecule has 1 aliphatic carbocycles. The van der Waals surface area contributed by atoms with Gasteiger partial charge in [0.25, 0.3) is 0 Å². The van der Waals surface area contributed by atoms with Gasteiger partial charge in [0.05, 0.1) is 5.54 Å². The highest BCUT2D eigenvalue weighted by Crippen LogP contribution is 2.36. The smallest absolute Gasteiger partial charge is 0.237 e. The fourth-order valence-corrected chi connectivity index (χ4v) is 4.04. The molecular formula is C16H26N2OS. The zero-order chi connectivity index (χ0) is 14.6. The zero-order valence-electron chi connectivity index (χ0n) is 12.5. The lowest BCUT2D eigenvalue weighted by molar-refractivity contribution is -0.126. The third-order valence-electron chi connectivity index (χ3n) is 4.31. The molecule has 20 heavy (non-hydrogen) atoms. The molecule has 2 rings (SSSR count). The van der Waals surface area contributed by atoms with E-state index in [0.29, 0.717) is 11.8 Å². The van der Waals surface area contributed by atoms with Crippen molar-refractivity contribution in [3.63, 3.8) is 0 Å². The summed E-state index contributed by atoms with van der Waals surface area (Å²) < 4.78 is 0. The van der Waals surface area contributed by atoms with Crippen LogP contribution in [0.3, 0.4) is 0 Å². The van der Waals surface area contributed by atoms with Crippen molar-refractivity contribution in [3.8, 4) is 0 Å². The van der Waals surface area contributed by atoms with Gasteiger partial charge < -0.3 is 5.73 Å². The van der Waals surface area contributed by atoms with Crippen molar-refractivity contribution in [1.82, 2.24) is 5.32 Å².